The Balaban J connectivity index is 1.84. The quantitative estimate of drug-likeness (QED) is 0.721. The zero-order valence-electron chi connectivity index (χ0n) is 8.55. The lowest BCUT2D eigenvalue weighted by Crippen LogP contribution is -2.24. The van der Waals surface area contributed by atoms with E-state index in [-0.39, 0.29) is 5.78 Å². The molecule has 1 aliphatic rings. The van der Waals surface area contributed by atoms with Crippen molar-refractivity contribution >= 4 is 5.78 Å². The maximum absolute atomic E-state index is 12.0. The molecule has 0 radical (unpaired) electrons. The van der Waals surface area contributed by atoms with Crippen molar-refractivity contribution in [3.05, 3.63) is 54.0 Å². The zero-order valence-corrected chi connectivity index (χ0v) is 8.55. The van der Waals surface area contributed by atoms with Gasteiger partial charge in [0, 0.05) is 6.42 Å². The van der Waals surface area contributed by atoms with E-state index in [1.165, 1.54) is 6.26 Å². The van der Waals surface area contributed by atoms with Gasteiger partial charge in [0.2, 0.25) is 5.78 Å². The van der Waals surface area contributed by atoms with Crippen LogP contribution < -0.4 is 4.74 Å². The third kappa shape index (κ3) is 1.41. The van der Waals surface area contributed by atoms with E-state index >= 15 is 0 Å². The number of hydrogen-bond donors (Lipinski definition) is 0. The van der Waals surface area contributed by atoms with Crippen LogP contribution in [-0.4, -0.2) is 11.9 Å². The summed E-state index contributed by atoms with van der Waals surface area (Å²) in [6.45, 7) is 0. The lowest BCUT2D eigenvalue weighted by atomic mass is 10.1. The second-order valence-corrected chi connectivity index (χ2v) is 3.76. The average Bonchev–Trinajstić information content (AvgIpc) is 2.97. The van der Waals surface area contributed by atoms with Gasteiger partial charge in [0.1, 0.15) is 5.75 Å². The molecule has 3 heteroatoms. The third-order valence-corrected chi connectivity index (χ3v) is 2.70. The summed E-state index contributed by atoms with van der Waals surface area (Å²) in [4.78, 5) is 12.0. The van der Waals surface area contributed by atoms with Crippen molar-refractivity contribution in [2.45, 2.75) is 12.5 Å². The summed E-state index contributed by atoms with van der Waals surface area (Å²) in [5, 5.41) is 0. The molecule has 1 aliphatic heterocycles. The van der Waals surface area contributed by atoms with E-state index in [0.29, 0.717) is 12.2 Å². The number of benzene rings is 1. The molecular weight excluding hydrogens is 204 g/mol. The average molecular weight is 214 g/mol. The van der Waals surface area contributed by atoms with Gasteiger partial charge in [0.15, 0.2) is 11.9 Å². The molecule has 3 rings (SSSR count). The van der Waals surface area contributed by atoms with Crippen molar-refractivity contribution in [2.75, 3.05) is 0 Å². The van der Waals surface area contributed by atoms with Gasteiger partial charge in [-0.05, 0) is 23.8 Å². The molecule has 2 heterocycles. The van der Waals surface area contributed by atoms with Crippen molar-refractivity contribution in [3.8, 4) is 5.75 Å². The smallest absolute Gasteiger partial charge is 0.238 e. The summed E-state index contributed by atoms with van der Waals surface area (Å²) in [5.74, 6) is 1.06. The number of Topliss-reactive ketones (excluding diaryl/α,β-unsaturated/α-hetero) is 1. The number of hydrogen-bond acceptors (Lipinski definition) is 3. The minimum absolute atomic E-state index is 0.0961. The molecule has 1 unspecified atom stereocenters. The van der Waals surface area contributed by atoms with Crippen LogP contribution in [0.25, 0.3) is 0 Å². The van der Waals surface area contributed by atoms with Gasteiger partial charge >= 0.3 is 0 Å². The first-order chi connectivity index (χ1) is 7.84. The van der Waals surface area contributed by atoms with Crippen molar-refractivity contribution in [1.82, 2.24) is 0 Å². The highest BCUT2D eigenvalue weighted by Gasteiger charge is 2.30. The predicted molar refractivity (Wildman–Crippen MR) is 57.6 cm³/mol. The van der Waals surface area contributed by atoms with Gasteiger partial charge in [-0.25, -0.2) is 0 Å². The lowest BCUT2D eigenvalue weighted by Gasteiger charge is -2.06. The molecule has 1 aromatic carbocycles. The SMILES string of the molecule is O=C(c1ccco1)C1Cc2ccccc2O1. The second kappa shape index (κ2) is 3.52. The molecule has 0 N–H and O–H groups in total. The summed E-state index contributed by atoms with van der Waals surface area (Å²) >= 11 is 0. The Labute approximate surface area is 92.6 Å². The number of furan rings is 1. The maximum Gasteiger partial charge on any atom is 0.238 e. The highest BCUT2D eigenvalue weighted by molar-refractivity contribution is 5.97. The van der Waals surface area contributed by atoms with Crippen molar-refractivity contribution in [1.29, 1.82) is 0 Å². The molecule has 0 spiro atoms. The molecule has 2 aromatic rings. The molecule has 0 bridgehead atoms. The lowest BCUT2D eigenvalue weighted by molar-refractivity contribution is 0.0795. The number of rotatable bonds is 2. The summed E-state index contributed by atoms with van der Waals surface area (Å²) in [5.41, 5.74) is 1.08. The molecule has 0 aliphatic carbocycles. The molecule has 3 nitrogen and oxygen atoms in total. The molecule has 0 amide bonds. The monoisotopic (exact) mass is 214 g/mol. The molecular formula is C13H10O3. The molecule has 1 atom stereocenters. The number of ether oxygens (including phenoxy) is 1. The van der Waals surface area contributed by atoms with Gasteiger partial charge in [0.05, 0.1) is 6.26 Å². The fraction of sp³-hybridized carbons (Fsp3) is 0.154. The van der Waals surface area contributed by atoms with E-state index in [9.17, 15) is 4.79 Å². The van der Waals surface area contributed by atoms with Gasteiger partial charge in [0.25, 0.3) is 0 Å². The number of carbonyl (C=O) groups excluding carboxylic acids is 1. The van der Waals surface area contributed by atoms with Gasteiger partial charge in [-0.15, -0.1) is 0 Å². The summed E-state index contributed by atoms with van der Waals surface area (Å²) in [6, 6.07) is 11.1. The third-order valence-electron chi connectivity index (χ3n) is 2.70. The van der Waals surface area contributed by atoms with Gasteiger partial charge in [-0.2, -0.15) is 0 Å². The normalized spacial score (nSPS) is 17.9. The molecule has 0 saturated carbocycles. The van der Waals surface area contributed by atoms with Crippen LogP contribution in [-0.2, 0) is 6.42 Å². The van der Waals surface area contributed by atoms with Crippen LogP contribution in [0.1, 0.15) is 16.1 Å². The van der Waals surface area contributed by atoms with Crippen LogP contribution in [0.5, 0.6) is 5.75 Å². The highest BCUT2D eigenvalue weighted by Crippen LogP contribution is 2.29. The predicted octanol–water partition coefficient (Wildman–Crippen LogP) is 2.47. The summed E-state index contributed by atoms with van der Waals surface area (Å²) < 4.78 is 10.7. The van der Waals surface area contributed by atoms with Gasteiger partial charge in [-0.3, -0.25) is 4.79 Å². The Morgan fingerprint density at radius 3 is 2.81 bits per heavy atom. The fourth-order valence-electron chi connectivity index (χ4n) is 1.91. The Kier molecular flexibility index (Phi) is 2.03. The summed E-state index contributed by atoms with van der Waals surface area (Å²) in [7, 11) is 0. The first-order valence-electron chi connectivity index (χ1n) is 5.17. The fourth-order valence-corrected chi connectivity index (χ4v) is 1.91. The Morgan fingerprint density at radius 1 is 1.19 bits per heavy atom. The van der Waals surface area contributed by atoms with Crippen LogP contribution in [0.4, 0.5) is 0 Å². The Morgan fingerprint density at radius 2 is 2.06 bits per heavy atom. The van der Waals surface area contributed by atoms with Gasteiger partial charge in [-0.1, -0.05) is 18.2 Å². The zero-order chi connectivity index (χ0) is 11.0. The first kappa shape index (κ1) is 9.21. The topological polar surface area (TPSA) is 39.4 Å². The molecule has 80 valence electrons. The van der Waals surface area contributed by atoms with E-state index in [2.05, 4.69) is 0 Å². The van der Waals surface area contributed by atoms with Crippen LogP contribution in [0, 0.1) is 0 Å². The van der Waals surface area contributed by atoms with Crippen LogP contribution in [0.15, 0.2) is 47.1 Å². The maximum atomic E-state index is 12.0. The minimum atomic E-state index is -0.441. The molecule has 16 heavy (non-hydrogen) atoms. The van der Waals surface area contributed by atoms with E-state index in [1.54, 1.807) is 12.1 Å². The molecule has 0 fully saturated rings. The first-order valence-corrected chi connectivity index (χ1v) is 5.17. The number of fused-ring (bicyclic) bond motifs is 1. The molecule has 0 saturated heterocycles. The number of ketones is 1. The van der Waals surface area contributed by atoms with Gasteiger partial charge < -0.3 is 9.15 Å². The Bertz CT molecular complexity index is 489. The van der Waals surface area contributed by atoms with E-state index in [1.807, 2.05) is 24.3 Å². The van der Waals surface area contributed by atoms with Crippen molar-refractivity contribution in [3.63, 3.8) is 0 Å². The standard InChI is InChI=1S/C13H10O3/c14-13(11-6-3-7-15-11)12-8-9-4-1-2-5-10(9)16-12/h1-7,12H,8H2. The Hall–Kier alpha value is -2.03. The molecule has 1 aromatic heterocycles. The number of para-hydroxylation sites is 1. The van der Waals surface area contributed by atoms with E-state index in [0.717, 1.165) is 11.3 Å². The van der Waals surface area contributed by atoms with Crippen molar-refractivity contribution in [2.24, 2.45) is 0 Å². The second-order valence-electron chi connectivity index (χ2n) is 3.76. The minimum Gasteiger partial charge on any atom is -0.481 e. The van der Waals surface area contributed by atoms with Crippen LogP contribution in [0.2, 0.25) is 0 Å². The number of carbonyl (C=O) groups is 1. The van der Waals surface area contributed by atoms with E-state index < -0.39 is 6.10 Å². The largest absolute Gasteiger partial charge is 0.481 e. The van der Waals surface area contributed by atoms with Crippen LogP contribution >= 0.6 is 0 Å². The van der Waals surface area contributed by atoms with E-state index in [4.69, 9.17) is 9.15 Å². The summed E-state index contributed by atoms with van der Waals surface area (Å²) in [6.07, 6.45) is 1.67. The highest BCUT2D eigenvalue weighted by atomic mass is 16.5. The van der Waals surface area contributed by atoms with Crippen LogP contribution in [0.3, 0.4) is 0 Å². The van der Waals surface area contributed by atoms with Crippen molar-refractivity contribution < 1.29 is 13.9 Å².